The molecule has 0 spiro atoms. The van der Waals surface area contributed by atoms with Gasteiger partial charge < -0.3 is 25.6 Å². The van der Waals surface area contributed by atoms with Crippen LogP contribution >= 0.6 is 12.4 Å². The zero-order valence-electron chi connectivity index (χ0n) is 16.1. The number of nitrogens with zero attached hydrogens (tertiary/aromatic N) is 2. The average Bonchev–Trinajstić information content (AvgIpc) is 3.20. The second-order valence-electron chi connectivity index (χ2n) is 8.45. The summed E-state index contributed by atoms with van der Waals surface area (Å²) in [6.45, 7) is 3.69. The van der Waals surface area contributed by atoms with Gasteiger partial charge in [-0.05, 0) is 44.2 Å². The van der Waals surface area contributed by atoms with E-state index in [0.717, 1.165) is 19.3 Å². The number of aromatic nitrogens is 1. The maximum Gasteiger partial charge on any atom is 0.341 e. The largest absolute Gasteiger partial charge is 0.477 e. The molecule has 1 aliphatic carbocycles. The molecule has 7 nitrogen and oxygen atoms in total. The first kappa shape index (κ1) is 20.0. The molecule has 1 aromatic heterocycles. The van der Waals surface area contributed by atoms with Crippen molar-refractivity contribution < 1.29 is 14.3 Å². The summed E-state index contributed by atoms with van der Waals surface area (Å²) in [6.07, 6.45) is 2.96. The van der Waals surface area contributed by atoms with E-state index in [-0.39, 0.29) is 29.6 Å². The fourth-order valence-corrected chi connectivity index (χ4v) is 4.84. The van der Waals surface area contributed by atoms with Crippen molar-refractivity contribution in [3.63, 3.8) is 0 Å². The number of benzene rings is 1. The Morgan fingerprint density at radius 2 is 2.10 bits per heavy atom. The van der Waals surface area contributed by atoms with Crippen molar-refractivity contribution in [3.05, 3.63) is 33.9 Å². The molecule has 5 rings (SSSR count). The number of hydrogen-bond donors (Lipinski definition) is 3. The summed E-state index contributed by atoms with van der Waals surface area (Å²) >= 11 is 0. The van der Waals surface area contributed by atoms with E-state index in [1.807, 2.05) is 11.8 Å². The Bertz CT molecular complexity index is 1080. The molecule has 0 radical (unpaired) electrons. The summed E-state index contributed by atoms with van der Waals surface area (Å²) in [5.41, 5.74) is 6.98. The lowest BCUT2D eigenvalue weighted by molar-refractivity contribution is 0.0694. The predicted molar refractivity (Wildman–Crippen MR) is 112 cm³/mol. The van der Waals surface area contributed by atoms with Crippen LogP contribution in [0.2, 0.25) is 0 Å². The van der Waals surface area contributed by atoms with Gasteiger partial charge in [0.25, 0.3) is 5.56 Å². The van der Waals surface area contributed by atoms with Gasteiger partial charge in [0.15, 0.2) is 0 Å². The van der Waals surface area contributed by atoms with Crippen molar-refractivity contribution in [2.24, 2.45) is 11.7 Å². The minimum Gasteiger partial charge on any atom is -0.477 e. The Kier molecular flexibility index (Phi) is 4.55. The smallest absolute Gasteiger partial charge is 0.341 e. The van der Waals surface area contributed by atoms with E-state index in [0.29, 0.717) is 47.8 Å². The molecule has 0 amide bonds. The van der Waals surface area contributed by atoms with Gasteiger partial charge in [-0.15, -0.1) is 12.4 Å². The summed E-state index contributed by atoms with van der Waals surface area (Å²) in [7, 11) is 0. The van der Waals surface area contributed by atoms with Crippen LogP contribution in [0.3, 0.4) is 0 Å². The van der Waals surface area contributed by atoms with Crippen LogP contribution in [-0.2, 0) is 0 Å². The van der Waals surface area contributed by atoms with Gasteiger partial charge in [0, 0.05) is 30.6 Å². The van der Waals surface area contributed by atoms with Crippen molar-refractivity contribution >= 4 is 40.7 Å². The van der Waals surface area contributed by atoms with Gasteiger partial charge >= 0.3 is 5.97 Å². The quantitative estimate of drug-likeness (QED) is 0.702. The summed E-state index contributed by atoms with van der Waals surface area (Å²) in [5.74, 6) is -1.37. The van der Waals surface area contributed by atoms with E-state index >= 15 is 4.39 Å². The van der Waals surface area contributed by atoms with E-state index in [4.69, 9.17) is 5.73 Å². The number of nitrogens with one attached hydrogen (secondary N) is 1. The zero-order chi connectivity index (χ0) is 19.8. The topological polar surface area (TPSA) is 101 Å². The van der Waals surface area contributed by atoms with Gasteiger partial charge in [-0.2, -0.15) is 0 Å². The lowest BCUT2D eigenvalue weighted by Crippen LogP contribution is -2.37. The Balaban J connectivity index is 0.00000205. The maximum atomic E-state index is 15.2. The van der Waals surface area contributed by atoms with E-state index in [2.05, 4.69) is 5.32 Å². The van der Waals surface area contributed by atoms with Gasteiger partial charge in [-0.25, -0.2) is 9.18 Å². The number of nitrogens with two attached hydrogens (primary N) is 1. The molecule has 1 saturated carbocycles. The Hall–Kier alpha value is -2.32. The van der Waals surface area contributed by atoms with Crippen LogP contribution in [0, 0.1) is 11.7 Å². The minimum absolute atomic E-state index is 0. The molecular weight excluding hydrogens is 399 g/mol. The zero-order valence-corrected chi connectivity index (χ0v) is 16.9. The molecule has 4 N–H and O–H groups in total. The molecule has 156 valence electrons. The minimum atomic E-state index is -1.30. The number of carbonyl (C=O) groups is 1. The van der Waals surface area contributed by atoms with Gasteiger partial charge in [0.05, 0.1) is 22.9 Å². The Morgan fingerprint density at radius 1 is 1.38 bits per heavy atom. The fraction of sp³-hybridized carbons (Fsp3) is 0.500. The highest BCUT2D eigenvalue weighted by atomic mass is 35.5. The maximum absolute atomic E-state index is 15.2. The number of anilines is 2. The van der Waals surface area contributed by atoms with E-state index in [1.54, 1.807) is 0 Å². The lowest BCUT2D eigenvalue weighted by Gasteiger charge is -2.32. The van der Waals surface area contributed by atoms with Crippen LogP contribution in [0.1, 0.15) is 42.6 Å². The number of carboxylic acids is 1. The third kappa shape index (κ3) is 2.88. The lowest BCUT2D eigenvalue weighted by atomic mass is 9.97. The second-order valence-corrected chi connectivity index (χ2v) is 8.45. The average molecular weight is 423 g/mol. The molecule has 3 heterocycles. The second kappa shape index (κ2) is 6.60. The van der Waals surface area contributed by atoms with Crippen LogP contribution in [0.4, 0.5) is 15.8 Å². The van der Waals surface area contributed by atoms with Gasteiger partial charge in [0.1, 0.15) is 11.4 Å². The predicted octanol–water partition coefficient (Wildman–Crippen LogP) is 2.56. The van der Waals surface area contributed by atoms with Gasteiger partial charge in [-0.1, -0.05) is 0 Å². The highest BCUT2D eigenvalue weighted by Crippen LogP contribution is 2.47. The van der Waals surface area contributed by atoms with Crippen molar-refractivity contribution in [1.82, 2.24) is 4.57 Å². The molecular formula is C20H24ClFN4O3. The van der Waals surface area contributed by atoms with E-state index in [1.165, 1.54) is 16.7 Å². The summed E-state index contributed by atoms with van der Waals surface area (Å²) in [5, 5.41) is 13.1. The summed E-state index contributed by atoms with van der Waals surface area (Å²) in [4.78, 5) is 26.3. The van der Waals surface area contributed by atoms with E-state index in [9.17, 15) is 14.7 Å². The standard InChI is InChI=1S/C20H23FN4O3.ClH/c1-10-8-23-15-16-11(6-13(19(27)28)18(26)25(10)16)7-14(21)17(15)24-5-2-12(9-24)20(22)3-4-20;/h6-7,10,12,23H,2-5,8-9,22H2,1H3,(H,27,28);1H/t10-,12+;/m0./s1. The summed E-state index contributed by atoms with van der Waals surface area (Å²) in [6, 6.07) is 2.39. The molecule has 2 aliphatic heterocycles. The number of halogens is 2. The van der Waals surface area contributed by atoms with Crippen LogP contribution < -0.4 is 21.5 Å². The highest BCUT2D eigenvalue weighted by Gasteiger charge is 2.48. The van der Waals surface area contributed by atoms with Gasteiger partial charge in [0.2, 0.25) is 0 Å². The molecule has 0 unspecified atom stereocenters. The van der Waals surface area contributed by atoms with Crippen LogP contribution in [0.5, 0.6) is 0 Å². The molecule has 2 aromatic rings. The summed E-state index contributed by atoms with van der Waals surface area (Å²) < 4.78 is 16.7. The number of aromatic carboxylic acids is 1. The monoisotopic (exact) mass is 422 g/mol. The normalized spacial score (nSPS) is 24.2. The first-order valence-electron chi connectivity index (χ1n) is 9.73. The Morgan fingerprint density at radius 3 is 2.76 bits per heavy atom. The number of rotatable bonds is 3. The third-order valence-corrected chi connectivity index (χ3v) is 6.64. The fourth-order valence-electron chi connectivity index (χ4n) is 4.84. The molecule has 1 saturated heterocycles. The molecule has 1 aromatic carbocycles. The molecule has 0 bridgehead atoms. The number of hydrogen-bond acceptors (Lipinski definition) is 5. The van der Waals surface area contributed by atoms with Crippen molar-refractivity contribution in [2.75, 3.05) is 29.9 Å². The van der Waals surface area contributed by atoms with Crippen molar-refractivity contribution in [3.8, 4) is 0 Å². The van der Waals surface area contributed by atoms with Crippen LogP contribution in [0.15, 0.2) is 16.9 Å². The van der Waals surface area contributed by atoms with E-state index < -0.39 is 17.3 Å². The number of carboxylic acid groups (broad SMARTS) is 1. The SMILES string of the molecule is C[C@H]1CNc2c(N3CC[C@@H](C4(N)CC4)C3)c(F)cc3cc(C(=O)O)c(=O)n1c23.Cl. The molecule has 29 heavy (non-hydrogen) atoms. The third-order valence-electron chi connectivity index (χ3n) is 6.64. The van der Waals surface area contributed by atoms with Crippen molar-refractivity contribution in [2.45, 2.75) is 37.8 Å². The molecule has 2 atom stereocenters. The Labute approximate surface area is 173 Å². The highest BCUT2D eigenvalue weighted by molar-refractivity contribution is 6.02. The van der Waals surface area contributed by atoms with Crippen LogP contribution in [0.25, 0.3) is 10.9 Å². The van der Waals surface area contributed by atoms with Gasteiger partial charge in [-0.3, -0.25) is 4.79 Å². The first-order chi connectivity index (χ1) is 13.3. The first-order valence-corrected chi connectivity index (χ1v) is 9.73. The van der Waals surface area contributed by atoms with Crippen LogP contribution in [-0.4, -0.2) is 40.8 Å². The molecule has 9 heteroatoms. The molecule has 2 fully saturated rings. The number of pyridine rings is 1. The van der Waals surface area contributed by atoms with Crippen molar-refractivity contribution in [1.29, 1.82) is 0 Å². The molecule has 3 aliphatic rings.